The van der Waals surface area contributed by atoms with Crippen LogP contribution >= 0.6 is 23.4 Å². The highest BCUT2D eigenvalue weighted by molar-refractivity contribution is 7.99. The van der Waals surface area contributed by atoms with E-state index < -0.39 is 0 Å². The molecular formula is C12H15ClO2S. The third-order valence-electron chi connectivity index (χ3n) is 2.58. The molecule has 1 unspecified atom stereocenters. The Bertz CT molecular complexity index is 351. The molecule has 4 heteroatoms. The summed E-state index contributed by atoms with van der Waals surface area (Å²) < 4.78 is 5.82. The van der Waals surface area contributed by atoms with E-state index in [-0.39, 0.29) is 6.61 Å². The van der Waals surface area contributed by atoms with Crippen LogP contribution in [0, 0.1) is 0 Å². The van der Waals surface area contributed by atoms with Gasteiger partial charge in [0.15, 0.2) is 0 Å². The molecule has 0 bridgehead atoms. The third-order valence-corrected chi connectivity index (χ3v) is 4.01. The average molecular weight is 259 g/mol. The van der Waals surface area contributed by atoms with Crippen LogP contribution in [0.4, 0.5) is 0 Å². The standard InChI is InChI=1S/C12H15ClO2S/c13-11-7-9(3-5-14)1-2-12(11)15-10-4-6-16-8-10/h1-2,7,10,14H,3-6,8H2. The second-order valence-corrected chi connectivity index (χ2v) is 5.40. The lowest BCUT2D eigenvalue weighted by atomic mass is 10.1. The van der Waals surface area contributed by atoms with E-state index in [1.807, 2.05) is 30.0 Å². The molecular weight excluding hydrogens is 244 g/mol. The second-order valence-electron chi connectivity index (χ2n) is 3.84. The van der Waals surface area contributed by atoms with Gasteiger partial charge in [-0.2, -0.15) is 11.8 Å². The Hall–Kier alpha value is -0.380. The van der Waals surface area contributed by atoms with Crippen molar-refractivity contribution in [3.05, 3.63) is 28.8 Å². The van der Waals surface area contributed by atoms with Crippen molar-refractivity contribution in [2.45, 2.75) is 18.9 Å². The number of thioether (sulfide) groups is 1. The maximum Gasteiger partial charge on any atom is 0.138 e. The van der Waals surface area contributed by atoms with Gasteiger partial charge in [0.1, 0.15) is 11.9 Å². The van der Waals surface area contributed by atoms with Crippen molar-refractivity contribution in [1.29, 1.82) is 0 Å². The van der Waals surface area contributed by atoms with E-state index in [1.165, 1.54) is 5.75 Å². The highest BCUT2D eigenvalue weighted by Crippen LogP contribution is 2.29. The SMILES string of the molecule is OCCc1ccc(OC2CCSC2)c(Cl)c1. The van der Waals surface area contributed by atoms with Crippen molar-refractivity contribution in [2.75, 3.05) is 18.1 Å². The number of hydrogen-bond donors (Lipinski definition) is 1. The summed E-state index contributed by atoms with van der Waals surface area (Å²) >= 11 is 8.05. The van der Waals surface area contributed by atoms with Gasteiger partial charge in [-0.05, 0) is 36.3 Å². The topological polar surface area (TPSA) is 29.5 Å². The summed E-state index contributed by atoms with van der Waals surface area (Å²) in [5.74, 6) is 2.98. The molecule has 1 N–H and O–H groups in total. The Morgan fingerprint density at radius 2 is 2.38 bits per heavy atom. The molecule has 2 rings (SSSR count). The highest BCUT2D eigenvalue weighted by Gasteiger charge is 2.18. The van der Waals surface area contributed by atoms with Crippen molar-refractivity contribution in [1.82, 2.24) is 0 Å². The number of halogens is 1. The van der Waals surface area contributed by atoms with Crippen molar-refractivity contribution >= 4 is 23.4 Å². The zero-order chi connectivity index (χ0) is 11.4. The highest BCUT2D eigenvalue weighted by atomic mass is 35.5. The summed E-state index contributed by atoms with van der Waals surface area (Å²) in [6.07, 6.45) is 2.03. The van der Waals surface area contributed by atoms with Crippen molar-refractivity contribution < 1.29 is 9.84 Å². The van der Waals surface area contributed by atoms with Crippen LogP contribution in [-0.2, 0) is 6.42 Å². The number of ether oxygens (including phenoxy) is 1. The van der Waals surface area contributed by atoms with Gasteiger partial charge in [0.2, 0.25) is 0 Å². The molecule has 1 atom stereocenters. The summed E-state index contributed by atoms with van der Waals surface area (Å²) in [5.41, 5.74) is 1.04. The molecule has 1 saturated heterocycles. The van der Waals surface area contributed by atoms with E-state index in [1.54, 1.807) is 0 Å². The van der Waals surface area contributed by atoms with Crippen LogP contribution in [0.2, 0.25) is 5.02 Å². The Morgan fingerprint density at radius 3 is 3.00 bits per heavy atom. The molecule has 16 heavy (non-hydrogen) atoms. The van der Waals surface area contributed by atoms with E-state index in [2.05, 4.69) is 0 Å². The molecule has 2 nitrogen and oxygen atoms in total. The smallest absolute Gasteiger partial charge is 0.138 e. The van der Waals surface area contributed by atoms with Crippen molar-refractivity contribution in [3.8, 4) is 5.75 Å². The molecule has 88 valence electrons. The molecule has 0 amide bonds. The zero-order valence-electron chi connectivity index (χ0n) is 8.99. The number of rotatable bonds is 4. The van der Waals surface area contributed by atoms with Crippen molar-refractivity contribution in [2.24, 2.45) is 0 Å². The van der Waals surface area contributed by atoms with E-state index in [0.717, 1.165) is 23.5 Å². The molecule has 1 heterocycles. The number of benzene rings is 1. The lowest BCUT2D eigenvalue weighted by Gasteiger charge is -2.14. The Kier molecular flexibility index (Phi) is 4.38. The maximum atomic E-state index is 8.83. The first-order valence-corrected chi connectivity index (χ1v) is 6.96. The molecule has 1 aromatic rings. The van der Waals surface area contributed by atoms with Crippen molar-refractivity contribution in [3.63, 3.8) is 0 Å². The van der Waals surface area contributed by atoms with Crippen LogP contribution in [-0.4, -0.2) is 29.3 Å². The fourth-order valence-corrected chi connectivity index (χ4v) is 3.05. The molecule has 0 aliphatic carbocycles. The molecule has 1 aliphatic rings. The minimum absolute atomic E-state index is 0.149. The fraction of sp³-hybridized carbons (Fsp3) is 0.500. The number of hydrogen-bond acceptors (Lipinski definition) is 3. The fourth-order valence-electron chi connectivity index (χ4n) is 1.71. The van der Waals surface area contributed by atoms with E-state index in [0.29, 0.717) is 17.5 Å². The van der Waals surface area contributed by atoms with Gasteiger partial charge in [0.05, 0.1) is 5.02 Å². The quantitative estimate of drug-likeness (QED) is 0.901. The predicted octanol–water partition coefficient (Wildman–Crippen LogP) is 2.76. The monoisotopic (exact) mass is 258 g/mol. The average Bonchev–Trinajstić information content (AvgIpc) is 2.75. The normalized spacial score (nSPS) is 20.0. The van der Waals surface area contributed by atoms with Gasteiger partial charge in [0, 0.05) is 12.4 Å². The zero-order valence-corrected chi connectivity index (χ0v) is 10.6. The summed E-state index contributed by atoms with van der Waals surface area (Å²) in [5, 5.41) is 9.47. The van der Waals surface area contributed by atoms with Gasteiger partial charge in [-0.25, -0.2) is 0 Å². The van der Waals surface area contributed by atoms with Crippen LogP contribution in [0.1, 0.15) is 12.0 Å². The van der Waals surface area contributed by atoms with Crippen LogP contribution in [0.3, 0.4) is 0 Å². The molecule has 0 spiro atoms. The van der Waals surface area contributed by atoms with Gasteiger partial charge < -0.3 is 9.84 Å². The lowest BCUT2D eigenvalue weighted by molar-refractivity contribution is 0.229. The van der Waals surface area contributed by atoms with E-state index in [9.17, 15) is 0 Å². The van der Waals surface area contributed by atoms with Crippen LogP contribution < -0.4 is 4.74 Å². The Balaban J connectivity index is 2.03. The van der Waals surface area contributed by atoms with Gasteiger partial charge >= 0.3 is 0 Å². The predicted molar refractivity (Wildman–Crippen MR) is 68.6 cm³/mol. The summed E-state index contributed by atoms with van der Waals surface area (Å²) in [6, 6.07) is 5.73. The Morgan fingerprint density at radius 1 is 1.50 bits per heavy atom. The number of aliphatic hydroxyl groups is 1. The lowest BCUT2D eigenvalue weighted by Crippen LogP contribution is -2.15. The van der Waals surface area contributed by atoms with E-state index in [4.69, 9.17) is 21.4 Å². The molecule has 0 aromatic heterocycles. The summed E-state index contributed by atoms with van der Waals surface area (Å²) in [7, 11) is 0. The maximum absolute atomic E-state index is 8.83. The largest absolute Gasteiger partial charge is 0.488 e. The first-order chi connectivity index (χ1) is 7.79. The molecule has 1 fully saturated rings. The Labute approximate surface area is 105 Å². The second kappa shape index (κ2) is 5.80. The van der Waals surface area contributed by atoms with Gasteiger partial charge in [-0.1, -0.05) is 17.7 Å². The van der Waals surface area contributed by atoms with Crippen LogP contribution in [0.25, 0.3) is 0 Å². The molecule has 1 aliphatic heterocycles. The van der Waals surface area contributed by atoms with Crippen LogP contribution in [0.15, 0.2) is 18.2 Å². The molecule has 0 radical (unpaired) electrons. The minimum atomic E-state index is 0.149. The van der Waals surface area contributed by atoms with Crippen LogP contribution in [0.5, 0.6) is 5.75 Å². The van der Waals surface area contributed by atoms with Gasteiger partial charge in [-0.15, -0.1) is 0 Å². The van der Waals surface area contributed by atoms with E-state index >= 15 is 0 Å². The summed E-state index contributed by atoms with van der Waals surface area (Å²) in [4.78, 5) is 0. The minimum Gasteiger partial charge on any atom is -0.488 e. The molecule has 1 aromatic carbocycles. The first kappa shape index (κ1) is 12.1. The summed E-state index contributed by atoms with van der Waals surface area (Å²) in [6.45, 7) is 0.149. The van der Waals surface area contributed by atoms with Gasteiger partial charge in [-0.3, -0.25) is 0 Å². The van der Waals surface area contributed by atoms with Gasteiger partial charge in [0.25, 0.3) is 0 Å². The first-order valence-electron chi connectivity index (χ1n) is 5.43. The third kappa shape index (κ3) is 3.06. The number of aliphatic hydroxyl groups excluding tert-OH is 1. The molecule has 0 saturated carbocycles.